The minimum absolute atomic E-state index is 0.123. The van der Waals surface area contributed by atoms with Crippen LogP contribution in [-0.4, -0.2) is 135 Å². The molecule has 1 aliphatic carbocycles. The zero-order chi connectivity index (χ0) is 23.0. The molecule has 14 atom stereocenters. The van der Waals surface area contributed by atoms with Gasteiger partial charge in [-0.25, -0.2) is 0 Å². The lowest BCUT2D eigenvalue weighted by molar-refractivity contribution is -0.310. The molecule has 0 amide bonds. The van der Waals surface area contributed by atoms with E-state index in [1.54, 1.807) is 0 Å². The van der Waals surface area contributed by atoms with Crippen LogP contribution >= 0.6 is 0 Å². The van der Waals surface area contributed by atoms with Crippen LogP contribution in [0.3, 0.4) is 0 Å². The van der Waals surface area contributed by atoms with Gasteiger partial charge in [0, 0.05) is 12.1 Å². The molecule has 3 fully saturated rings. The summed E-state index contributed by atoms with van der Waals surface area (Å²) < 4.78 is 22.2. The molecule has 31 heavy (non-hydrogen) atoms. The second-order valence-corrected chi connectivity index (χ2v) is 8.25. The quantitative estimate of drug-likeness (QED) is 0.179. The third kappa shape index (κ3) is 4.87. The summed E-state index contributed by atoms with van der Waals surface area (Å²) in [5.74, 6) is 0. The van der Waals surface area contributed by atoms with Gasteiger partial charge in [-0.1, -0.05) is 0 Å². The Bertz CT molecular complexity index is 590. The SMILES string of the molecule is NC1C(O)[C@H](O)C(CO)O[C@@H]1O[C@@H]1C(N)C[C@@H](N)[C@@H](O)C1O[C@@H]1O[C@H](CO)C(O)C1O. The topological polar surface area (TPSA) is 257 Å². The van der Waals surface area contributed by atoms with E-state index < -0.39 is 98.9 Å². The molecule has 14 nitrogen and oxygen atoms in total. The van der Waals surface area contributed by atoms with E-state index in [-0.39, 0.29) is 6.42 Å². The highest BCUT2D eigenvalue weighted by Crippen LogP contribution is 2.32. The van der Waals surface area contributed by atoms with Crippen molar-refractivity contribution in [1.82, 2.24) is 0 Å². The molecule has 3 aliphatic rings. The number of rotatable bonds is 6. The Morgan fingerprint density at radius 1 is 0.645 bits per heavy atom. The minimum atomic E-state index is -1.52. The van der Waals surface area contributed by atoms with Gasteiger partial charge in [0.25, 0.3) is 0 Å². The monoisotopic (exact) mass is 455 g/mol. The largest absolute Gasteiger partial charge is 0.394 e. The number of aliphatic hydroxyl groups excluding tert-OH is 7. The Kier molecular flexibility index (Phi) is 8.21. The Hall–Kier alpha value is -0.560. The first-order valence-electron chi connectivity index (χ1n) is 10.1. The number of hydrogen-bond donors (Lipinski definition) is 10. The average molecular weight is 455 g/mol. The van der Waals surface area contributed by atoms with Crippen LogP contribution in [0.25, 0.3) is 0 Å². The van der Waals surface area contributed by atoms with Crippen molar-refractivity contribution in [2.45, 2.75) is 92.1 Å². The lowest BCUT2D eigenvalue weighted by Gasteiger charge is -2.47. The Morgan fingerprint density at radius 2 is 1.16 bits per heavy atom. The maximum Gasteiger partial charge on any atom is 0.187 e. The van der Waals surface area contributed by atoms with Crippen LogP contribution in [0.15, 0.2) is 0 Å². The van der Waals surface area contributed by atoms with Crippen LogP contribution in [0.2, 0.25) is 0 Å². The lowest BCUT2D eigenvalue weighted by atomic mass is 9.84. The van der Waals surface area contributed by atoms with E-state index in [1.807, 2.05) is 0 Å². The molecule has 3 rings (SSSR count). The summed E-state index contributed by atoms with van der Waals surface area (Å²) in [6, 6.07) is -2.82. The Labute approximate surface area is 178 Å². The highest BCUT2D eigenvalue weighted by Gasteiger charge is 2.52. The van der Waals surface area contributed by atoms with Crippen molar-refractivity contribution in [3.05, 3.63) is 0 Å². The van der Waals surface area contributed by atoms with Crippen molar-refractivity contribution in [1.29, 1.82) is 0 Å². The van der Waals surface area contributed by atoms with Gasteiger partial charge in [0.1, 0.15) is 48.8 Å². The summed E-state index contributed by atoms with van der Waals surface area (Å²) in [5.41, 5.74) is 18.0. The number of hydrogen-bond acceptors (Lipinski definition) is 14. The third-order valence-corrected chi connectivity index (χ3v) is 6.07. The van der Waals surface area contributed by atoms with Crippen LogP contribution in [0.1, 0.15) is 6.42 Å². The van der Waals surface area contributed by atoms with E-state index in [0.29, 0.717) is 0 Å². The molecular formula is C17H33N3O11. The predicted octanol–water partition coefficient (Wildman–Crippen LogP) is -6.62. The van der Waals surface area contributed by atoms with Gasteiger partial charge in [-0.15, -0.1) is 0 Å². The van der Waals surface area contributed by atoms with Crippen LogP contribution in [0, 0.1) is 0 Å². The molecule has 0 radical (unpaired) electrons. The molecule has 0 spiro atoms. The number of nitrogens with two attached hydrogens (primary N) is 3. The molecule has 7 unspecified atom stereocenters. The Balaban J connectivity index is 1.78. The summed E-state index contributed by atoms with van der Waals surface area (Å²) in [6.45, 7) is -1.19. The molecular weight excluding hydrogens is 422 g/mol. The van der Waals surface area contributed by atoms with E-state index in [9.17, 15) is 35.7 Å². The number of ether oxygens (including phenoxy) is 4. The highest BCUT2D eigenvalue weighted by atomic mass is 16.7. The normalized spacial score (nSPS) is 53.6. The predicted molar refractivity (Wildman–Crippen MR) is 99.8 cm³/mol. The molecule has 0 aromatic rings. The third-order valence-electron chi connectivity index (χ3n) is 6.07. The first-order chi connectivity index (χ1) is 14.6. The average Bonchev–Trinajstić information content (AvgIpc) is 3.02. The molecule has 2 heterocycles. The molecule has 0 aromatic heterocycles. The molecule has 14 heteroatoms. The zero-order valence-corrected chi connectivity index (χ0v) is 16.7. The van der Waals surface area contributed by atoms with Crippen molar-refractivity contribution in [3.63, 3.8) is 0 Å². The summed E-state index contributed by atoms with van der Waals surface area (Å²) in [6.07, 6.45) is -14.5. The van der Waals surface area contributed by atoms with Gasteiger partial charge in [-0.05, 0) is 6.42 Å². The fourth-order valence-electron chi connectivity index (χ4n) is 4.12. The van der Waals surface area contributed by atoms with Crippen LogP contribution in [-0.2, 0) is 18.9 Å². The van der Waals surface area contributed by atoms with Crippen molar-refractivity contribution in [2.24, 2.45) is 17.2 Å². The first kappa shape index (κ1) is 25.1. The fraction of sp³-hybridized carbons (Fsp3) is 1.00. The molecule has 2 aliphatic heterocycles. The molecule has 1 saturated carbocycles. The molecule has 0 aromatic carbocycles. The maximum atomic E-state index is 10.6. The van der Waals surface area contributed by atoms with Gasteiger partial charge < -0.3 is 71.9 Å². The van der Waals surface area contributed by atoms with E-state index in [2.05, 4.69) is 0 Å². The van der Waals surface area contributed by atoms with Crippen molar-refractivity contribution in [2.75, 3.05) is 13.2 Å². The second-order valence-electron chi connectivity index (χ2n) is 8.25. The van der Waals surface area contributed by atoms with E-state index in [1.165, 1.54) is 0 Å². The van der Waals surface area contributed by atoms with E-state index in [4.69, 9.17) is 36.1 Å². The molecule has 13 N–H and O–H groups in total. The van der Waals surface area contributed by atoms with Gasteiger partial charge in [0.2, 0.25) is 0 Å². The van der Waals surface area contributed by atoms with Gasteiger partial charge >= 0.3 is 0 Å². The van der Waals surface area contributed by atoms with Crippen molar-refractivity contribution >= 4 is 0 Å². The smallest absolute Gasteiger partial charge is 0.187 e. The second kappa shape index (κ2) is 10.1. The fourth-order valence-corrected chi connectivity index (χ4v) is 4.12. The highest BCUT2D eigenvalue weighted by molar-refractivity contribution is 5.01. The molecule has 0 bridgehead atoms. The summed E-state index contributed by atoms with van der Waals surface area (Å²) in [7, 11) is 0. The summed E-state index contributed by atoms with van der Waals surface area (Å²) >= 11 is 0. The number of aliphatic hydroxyl groups is 7. The van der Waals surface area contributed by atoms with Crippen molar-refractivity contribution < 1.29 is 54.7 Å². The summed E-state index contributed by atoms with van der Waals surface area (Å²) in [4.78, 5) is 0. The standard InChI is InChI=1S/C17H33N3O11/c18-4-1-5(19)14(30-16-8(20)12(26)10(24)6(2-21)28-16)15(9(4)23)31-17-13(27)11(25)7(3-22)29-17/h4-17,21-27H,1-3,18-20H2/t4-,5?,6?,7-,8?,9-,10-,11?,12?,13?,14-,15?,16-,17+/m1/s1. The van der Waals surface area contributed by atoms with Crippen molar-refractivity contribution in [3.8, 4) is 0 Å². The van der Waals surface area contributed by atoms with E-state index in [0.717, 1.165) is 0 Å². The van der Waals surface area contributed by atoms with Crippen LogP contribution < -0.4 is 17.2 Å². The Morgan fingerprint density at radius 3 is 1.74 bits per heavy atom. The molecule has 2 saturated heterocycles. The van der Waals surface area contributed by atoms with Gasteiger partial charge in [-0.3, -0.25) is 0 Å². The van der Waals surface area contributed by atoms with Gasteiger partial charge in [0.15, 0.2) is 12.6 Å². The van der Waals surface area contributed by atoms with Gasteiger partial charge in [-0.2, -0.15) is 0 Å². The lowest BCUT2D eigenvalue weighted by Crippen LogP contribution is -2.68. The van der Waals surface area contributed by atoms with E-state index >= 15 is 0 Å². The minimum Gasteiger partial charge on any atom is -0.394 e. The summed E-state index contributed by atoms with van der Waals surface area (Å²) in [5, 5.41) is 69.4. The zero-order valence-electron chi connectivity index (χ0n) is 16.7. The molecule has 182 valence electrons. The van der Waals surface area contributed by atoms with Crippen LogP contribution in [0.5, 0.6) is 0 Å². The van der Waals surface area contributed by atoms with Crippen LogP contribution in [0.4, 0.5) is 0 Å². The van der Waals surface area contributed by atoms with Gasteiger partial charge in [0.05, 0.1) is 25.4 Å². The first-order valence-corrected chi connectivity index (χ1v) is 10.1. The maximum absolute atomic E-state index is 10.6.